The van der Waals surface area contributed by atoms with Crippen molar-refractivity contribution in [2.45, 2.75) is 20.3 Å². The van der Waals surface area contributed by atoms with Gasteiger partial charge in [-0.25, -0.2) is 4.98 Å². The van der Waals surface area contributed by atoms with Crippen LogP contribution in [0.25, 0.3) is 0 Å². The minimum Gasteiger partial charge on any atom is -0.382 e. The molecule has 0 amide bonds. The SMILES string of the molecule is CC1(C)CCN(c2cncc(N)n2)C1. The lowest BCUT2D eigenvalue weighted by molar-refractivity contribution is 0.418. The number of hydrogen-bond donors (Lipinski definition) is 1. The van der Waals surface area contributed by atoms with Gasteiger partial charge in [-0.3, -0.25) is 4.98 Å². The van der Waals surface area contributed by atoms with Gasteiger partial charge >= 0.3 is 0 Å². The highest BCUT2D eigenvalue weighted by atomic mass is 15.2. The van der Waals surface area contributed by atoms with Crippen molar-refractivity contribution in [1.29, 1.82) is 0 Å². The van der Waals surface area contributed by atoms with Crippen LogP contribution in [0.15, 0.2) is 12.4 Å². The highest BCUT2D eigenvalue weighted by molar-refractivity contribution is 5.42. The van der Waals surface area contributed by atoms with Crippen molar-refractivity contribution in [3.63, 3.8) is 0 Å². The molecule has 1 fully saturated rings. The fourth-order valence-electron chi connectivity index (χ4n) is 1.83. The van der Waals surface area contributed by atoms with Crippen LogP contribution in [0.4, 0.5) is 11.6 Å². The van der Waals surface area contributed by atoms with Gasteiger partial charge in [0.2, 0.25) is 0 Å². The van der Waals surface area contributed by atoms with E-state index in [-0.39, 0.29) is 0 Å². The fourth-order valence-corrected chi connectivity index (χ4v) is 1.83. The average Bonchev–Trinajstić information content (AvgIpc) is 2.46. The van der Waals surface area contributed by atoms with Crippen molar-refractivity contribution in [3.8, 4) is 0 Å². The zero-order valence-electron chi connectivity index (χ0n) is 8.70. The van der Waals surface area contributed by atoms with Crippen molar-refractivity contribution in [3.05, 3.63) is 12.4 Å². The second-order valence-electron chi connectivity index (χ2n) is 4.64. The van der Waals surface area contributed by atoms with Gasteiger partial charge in [-0.15, -0.1) is 0 Å². The van der Waals surface area contributed by atoms with E-state index in [9.17, 15) is 0 Å². The molecule has 1 aliphatic heterocycles. The Balaban J connectivity index is 2.17. The number of aromatic nitrogens is 2. The molecular weight excluding hydrogens is 176 g/mol. The van der Waals surface area contributed by atoms with Gasteiger partial charge < -0.3 is 10.6 Å². The Labute approximate surface area is 84.2 Å². The molecule has 0 aliphatic carbocycles. The molecule has 4 nitrogen and oxygen atoms in total. The van der Waals surface area contributed by atoms with Gasteiger partial charge in [0.15, 0.2) is 0 Å². The summed E-state index contributed by atoms with van der Waals surface area (Å²) in [7, 11) is 0. The number of nitrogens with two attached hydrogens (primary N) is 1. The first-order valence-corrected chi connectivity index (χ1v) is 4.89. The highest BCUT2D eigenvalue weighted by Gasteiger charge is 2.29. The molecule has 1 aromatic heterocycles. The molecule has 0 unspecified atom stereocenters. The van der Waals surface area contributed by atoms with E-state index in [1.807, 2.05) is 0 Å². The molecule has 76 valence electrons. The zero-order valence-corrected chi connectivity index (χ0v) is 8.70. The van der Waals surface area contributed by atoms with Crippen LogP contribution in [0.2, 0.25) is 0 Å². The normalized spacial score (nSPS) is 20.0. The molecule has 0 bridgehead atoms. The van der Waals surface area contributed by atoms with Crippen molar-refractivity contribution >= 4 is 11.6 Å². The summed E-state index contributed by atoms with van der Waals surface area (Å²) in [6.45, 7) is 6.62. The van der Waals surface area contributed by atoms with E-state index < -0.39 is 0 Å². The van der Waals surface area contributed by atoms with Crippen LogP contribution < -0.4 is 10.6 Å². The molecule has 4 heteroatoms. The minimum atomic E-state index is 0.381. The van der Waals surface area contributed by atoms with Crippen LogP contribution in [0.3, 0.4) is 0 Å². The lowest BCUT2D eigenvalue weighted by Crippen LogP contribution is -2.23. The lowest BCUT2D eigenvalue weighted by Gasteiger charge is -2.20. The summed E-state index contributed by atoms with van der Waals surface area (Å²) in [5.74, 6) is 1.39. The van der Waals surface area contributed by atoms with Crippen LogP contribution in [-0.2, 0) is 0 Å². The Bertz CT molecular complexity index is 335. The topological polar surface area (TPSA) is 55.0 Å². The van der Waals surface area contributed by atoms with E-state index in [0.717, 1.165) is 18.9 Å². The third-order valence-corrected chi connectivity index (χ3v) is 2.64. The fraction of sp³-hybridized carbons (Fsp3) is 0.600. The van der Waals surface area contributed by atoms with Crippen molar-refractivity contribution < 1.29 is 0 Å². The zero-order chi connectivity index (χ0) is 10.2. The molecule has 1 saturated heterocycles. The van der Waals surface area contributed by atoms with Crippen LogP contribution in [0, 0.1) is 5.41 Å². The molecule has 2 N–H and O–H groups in total. The monoisotopic (exact) mass is 192 g/mol. The Hall–Kier alpha value is -1.32. The minimum absolute atomic E-state index is 0.381. The van der Waals surface area contributed by atoms with Crippen molar-refractivity contribution in [1.82, 2.24) is 9.97 Å². The van der Waals surface area contributed by atoms with Gasteiger partial charge in [-0.1, -0.05) is 13.8 Å². The highest BCUT2D eigenvalue weighted by Crippen LogP contribution is 2.31. The smallest absolute Gasteiger partial charge is 0.149 e. The quantitative estimate of drug-likeness (QED) is 0.728. The van der Waals surface area contributed by atoms with Crippen LogP contribution in [0.5, 0.6) is 0 Å². The summed E-state index contributed by atoms with van der Waals surface area (Å²) in [6.07, 6.45) is 4.55. The molecule has 0 aromatic carbocycles. The van der Waals surface area contributed by atoms with Gasteiger partial charge in [0.1, 0.15) is 11.6 Å². The van der Waals surface area contributed by atoms with Crippen molar-refractivity contribution in [2.24, 2.45) is 5.41 Å². The largest absolute Gasteiger partial charge is 0.382 e. The van der Waals surface area contributed by atoms with E-state index >= 15 is 0 Å². The molecule has 1 aliphatic rings. The third-order valence-electron chi connectivity index (χ3n) is 2.64. The van der Waals surface area contributed by atoms with Gasteiger partial charge in [0, 0.05) is 13.1 Å². The molecule has 2 rings (SSSR count). The van der Waals surface area contributed by atoms with Crippen LogP contribution in [0.1, 0.15) is 20.3 Å². The maximum absolute atomic E-state index is 5.59. The molecule has 14 heavy (non-hydrogen) atoms. The first kappa shape index (κ1) is 9.24. The lowest BCUT2D eigenvalue weighted by atomic mass is 9.93. The van der Waals surface area contributed by atoms with Gasteiger partial charge in [0.25, 0.3) is 0 Å². The predicted octanol–water partition coefficient (Wildman–Crippen LogP) is 1.30. The number of nitrogen functional groups attached to an aromatic ring is 1. The van der Waals surface area contributed by atoms with Crippen LogP contribution in [-0.4, -0.2) is 23.1 Å². The molecule has 0 spiro atoms. The number of rotatable bonds is 1. The second kappa shape index (κ2) is 3.12. The Morgan fingerprint density at radius 3 is 2.79 bits per heavy atom. The predicted molar refractivity (Wildman–Crippen MR) is 57.1 cm³/mol. The summed E-state index contributed by atoms with van der Waals surface area (Å²) >= 11 is 0. The molecule has 1 aromatic rings. The van der Waals surface area contributed by atoms with E-state index in [4.69, 9.17) is 5.73 Å². The summed E-state index contributed by atoms with van der Waals surface area (Å²) in [5.41, 5.74) is 5.97. The number of nitrogens with zero attached hydrogens (tertiary/aromatic N) is 3. The van der Waals surface area contributed by atoms with Crippen LogP contribution >= 0.6 is 0 Å². The third kappa shape index (κ3) is 1.78. The molecule has 2 heterocycles. The Kier molecular flexibility index (Phi) is 2.06. The van der Waals surface area contributed by atoms with Gasteiger partial charge in [-0.2, -0.15) is 0 Å². The maximum Gasteiger partial charge on any atom is 0.149 e. The summed E-state index contributed by atoms with van der Waals surface area (Å²) < 4.78 is 0. The molecular formula is C10H16N4. The number of hydrogen-bond acceptors (Lipinski definition) is 4. The summed E-state index contributed by atoms with van der Waals surface area (Å²) in [5, 5.41) is 0. The van der Waals surface area contributed by atoms with E-state index in [1.54, 1.807) is 12.4 Å². The Morgan fingerprint density at radius 2 is 2.21 bits per heavy atom. The average molecular weight is 192 g/mol. The molecule has 0 atom stereocenters. The summed E-state index contributed by atoms with van der Waals surface area (Å²) in [4.78, 5) is 10.5. The standard InChI is InChI=1S/C10H16N4/c1-10(2)3-4-14(7-10)9-6-12-5-8(11)13-9/h5-6H,3-4,7H2,1-2H3,(H2,11,13). The first-order chi connectivity index (χ1) is 6.57. The maximum atomic E-state index is 5.59. The summed E-state index contributed by atoms with van der Waals surface area (Å²) in [6, 6.07) is 0. The first-order valence-electron chi connectivity index (χ1n) is 4.89. The van der Waals surface area contributed by atoms with E-state index in [1.165, 1.54) is 6.42 Å². The molecule has 0 saturated carbocycles. The number of anilines is 2. The van der Waals surface area contributed by atoms with Gasteiger partial charge in [-0.05, 0) is 11.8 Å². The molecule has 0 radical (unpaired) electrons. The van der Waals surface area contributed by atoms with E-state index in [0.29, 0.717) is 11.2 Å². The van der Waals surface area contributed by atoms with Gasteiger partial charge in [0.05, 0.1) is 12.4 Å². The van der Waals surface area contributed by atoms with E-state index in [2.05, 4.69) is 28.7 Å². The van der Waals surface area contributed by atoms with Crippen molar-refractivity contribution in [2.75, 3.05) is 23.7 Å². The Morgan fingerprint density at radius 1 is 1.43 bits per heavy atom. The second-order valence-corrected chi connectivity index (χ2v) is 4.64.